The first-order valence-electron chi connectivity index (χ1n) is 11.1. The molecule has 7 nitrogen and oxygen atoms in total. The zero-order valence-electron chi connectivity index (χ0n) is 18.2. The molecule has 1 aliphatic heterocycles. The highest BCUT2D eigenvalue weighted by Gasteiger charge is 2.22. The van der Waals surface area contributed by atoms with Crippen LogP contribution in [0.5, 0.6) is 0 Å². The Kier molecular flexibility index (Phi) is 6.84. The van der Waals surface area contributed by atoms with E-state index < -0.39 is 0 Å². The zero-order valence-corrected chi connectivity index (χ0v) is 18.2. The lowest BCUT2D eigenvalue weighted by Gasteiger charge is -2.20. The Bertz CT molecular complexity index is 1110. The van der Waals surface area contributed by atoms with Gasteiger partial charge in [0.1, 0.15) is 6.61 Å². The van der Waals surface area contributed by atoms with Gasteiger partial charge in [0, 0.05) is 32.0 Å². The lowest BCUT2D eigenvalue weighted by molar-refractivity contribution is -0.103. The highest BCUT2D eigenvalue weighted by Crippen LogP contribution is 2.24. The van der Waals surface area contributed by atoms with Gasteiger partial charge in [0.15, 0.2) is 6.21 Å². The smallest absolute Gasteiger partial charge is 0.410 e. The molecule has 1 aliphatic rings. The van der Waals surface area contributed by atoms with E-state index in [1.165, 1.54) is 12.4 Å². The van der Waals surface area contributed by atoms with Gasteiger partial charge in [-0.2, -0.15) is 0 Å². The third-order valence-electron chi connectivity index (χ3n) is 6.04. The average Bonchev–Trinajstić information content (AvgIpc) is 3.07. The Labute approximate surface area is 188 Å². The van der Waals surface area contributed by atoms with Crippen molar-refractivity contribution in [1.82, 2.24) is 14.5 Å². The lowest BCUT2D eigenvalue weighted by Crippen LogP contribution is -2.32. The quantitative estimate of drug-likeness (QED) is 0.585. The van der Waals surface area contributed by atoms with Gasteiger partial charge in [0.2, 0.25) is 0 Å². The fraction of sp³-hybridized carbons (Fsp3) is 0.320. The van der Waals surface area contributed by atoms with E-state index in [9.17, 15) is 4.79 Å². The number of carbonyl (C=O) groups excluding carboxylic acids is 1. The first-order chi connectivity index (χ1) is 15.7. The molecule has 3 heterocycles. The number of nitrogens with zero attached hydrogens (tertiary/aromatic N) is 3. The molecule has 2 aromatic heterocycles. The summed E-state index contributed by atoms with van der Waals surface area (Å²) in [6.07, 6.45) is 7.79. The molecule has 0 bridgehead atoms. The van der Waals surface area contributed by atoms with E-state index in [1.807, 2.05) is 47.4 Å². The number of allylic oxidation sites excluding steroid dienone is 1. The van der Waals surface area contributed by atoms with Crippen LogP contribution < -0.4 is 11.1 Å². The number of pyridine rings is 1. The minimum absolute atomic E-state index is 0.224. The van der Waals surface area contributed by atoms with Crippen molar-refractivity contribution < 1.29 is 14.9 Å². The first kappa shape index (κ1) is 21.6. The number of benzene rings is 1. The summed E-state index contributed by atoms with van der Waals surface area (Å²) in [5.41, 5.74) is 10.1. The van der Waals surface area contributed by atoms with Crippen LogP contribution in [0.25, 0.3) is 16.6 Å². The summed E-state index contributed by atoms with van der Waals surface area (Å²) in [6.45, 7) is 2.68. The molecule has 1 aromatic carbocycles. The second-order valence-electron chi connectivity index (χ2n) is 8.18. The second-order valence-corrected chi connectivity index (χ2v) is 8.18. The summed E-state index contributed by atoms with van der Waals surface area (Å²) < 4.78 is 7.77. The number of ether oxygens (including phenoxy) is 1. The van der Waals surface area contributed by atoms with Crippen molar-refractivity contribution in [2.75, 3.05) is 13.1 Å². The fourth-order valence-corrected chi connectivity index (χ4v) is 4.24. The minimum Gasteiger partial charge on any atom is -0.445 e. The largest absolute Gasteiger partial charge is 0.445 e. The Morgan fingerprint density at radius 3 is 2.78 bits per heavy atom. The van der Waals surface area contributed by atoms with Crippen molar-refractivity contribution in [2.24, 2.45) is 11.7 Å². The maximum absolute atomic E-state index is 12.5. The molecule has 1 atom stereocenters. The number of hydrogen-bond donors (Lipinski definition) is 2. The van der Waals surface area contributed by atoms with E-state index in [-0.39, 0.29) is 6.09 Å². The Morgan fingerprint density at radius 1 is 1.16 bits per heavy atom. The molecule has 1 unspecified atom stereocenters. The molecule has 32 heavy (non-hydrogen) atoms. The second kappa shape index (κ2) is 10.1. The van der Waals surface area contributed by atoms with Gasteiger partial charge >= 0.3 is 6.09 Å². The third kappa shape index (κ3) is 4.99. The number of fused-ring (bicyclic) bond motifs is 1. The predicted octanol–water partition coefficient (Wildman–Crippen LogP) is 2.60. The monoisotopic (exact) mass is 432 g/mol. The van der Waals surface area contributed by atoms with Crippen LogP contribution in [0.3, 0.4) is 0 Å². The van der Waals surface area contributed by atoms with Crippen LogP contribution in [-0.2, 0) is 17.9 Å². The van der Waals surface area contributed by atoms with E-state index >= 15 is 0 Å². The topological polar surface area (TPSA) is 99.0 Å². The van der Waals surface area contributed by atoms with Crippen LogP contribution in [0.15, 0.2) is 60.9 Å². The van der Waals surface area contributed by atoms with E-state index in [4.69, 9.17) is 15.9 Å². The van der Waals surface area contributed by atoms with Crippen LogP contribution in [0.2, 0.25) is 0 Å². The summed E-state index contributed by atoms with van der Waals surface area (Å²) >= 11 is 0. The number of amides is 1. The van der Waals surface area contributed by atoms with Crippen LogP contribution >= 0.6 is 0 Å². The highest BCUT2D eigenvalue weighted by molar-refractivity contribution is 6.06. The van der Waals surface area contributed by atoms with Crippen LogP contribution in [0.1, 0.15) is 30.5 Å². The molecular weight excluding hydrogens is 402 g/mol. The molecule has 0 saturated carbocycles. The number of carbonyl (C=O) groups is 1. The van der Waals surface area contributed by atoms with Crippen molar-refractivity contribution in [3.05, 3.63) is 72.2 Å². The van der Waals surface area contributed by atoms with E-state index in [0.717, 1.165) is 61.2 Å². The van der Waals surface area contributed by atoms with Gasteiger partial charge in [-0.25, -0.2) is 9.78 Å². The molecule has 4 rings (SSSR count). The van der Waals surface area contributed by atoms with Gasteiger partial charge in [-0.1, -0.05) is 30.3 Å². The normalized spacial score (nSPS) is 17.2. The van der Waals surface area contributed by atoms with Crippen molar-refractivity contribution in [1.29, 1.82) is 0 Å². The maximum atomic E-state index is 12.5. The summed E-state index contributed by atoms with van der Waals surface area (Å²) in [6, 6.07) is 15.8. The molecule has 3 aromatic rings. The summed E-state index contributed by atoms with van der Waals surface area (Å²) in [7, 11) is 0. The van der Waals surface area contributed by atoms with Crippen molar-refractivity contribution >= 4 is 28.9 Å². The van der Waals surface area contributed by atoms with Crippen LogP contribution in [-0.4, -0.2) is 39.8 Å². The van der Waals surface area contributed by atoms with Gasteiger partial charge in [-0.05, 0) is 48.9 Å². The third-order valence-corrected chi connectivity index (χ3v) is 6.04. The summed E-state index contributed by atoms with van der Waals surface area (Å²) in [5, 5.41) is 5.63. The van der Waals surface area contributed by atoms with Gasteiger partial charge < -0.3 is 19.9 Å². The Hall–Kier alpha value is -3.61. The average molecular weight is 433 g/mol. The summed E-state index contributed by atoms with van der Waals surface area (Å²) in [4.78, 5) is 19.0. The molecule has 0 radical (unpaired) electrons. The minimum atomic E-state index is -0.224. The van der Waals surface area contributed by atoms with Crippen LogP contribution in [0, 0.1) is 5.92 Å². The molecule has 0 spiro atoms. The Morgan fingerprint density at radius 2 is 2.00 bits per heavy atom. The number of hydrogen-bond acceptors (Lipinski definition) is 4. The van der Waals surface area contributed by atoms with Crippen LogP contribution in [0.4, 0.5) is 4.79 Å². The maximum Gasteiger partial charge on any atom is 0.410 e. The lowest BCUT2D eigenvalue weighted by atomic mass is 10.0. The number of nitrogens with two attached hydrogens (primary N) is 2. The molecule has 0 aliphatic carbocycles. The predicted molar refractivity (Wildman–Crippen MR) is 125 cm³/mol. The van der Waals surface area contributed by atoms with Gasteiger partial charge in [-0.15, -0.1) is 0 Å². The fourth-order valence-electron chi connectivity index (χ4n) is 4.24. The molecule has 1 saturated heterocycles. The van der Waals surface area contributed by atoms with Crippen molar-refractivity contribution in [3.8, 4) is 0 Å². The molecule has 1 amide bonds. The molecular formula is C25H30N5O2+. The highest BCUT2D eigenvalue weighted by atomic mass is 16.6. The van der Waals surface area contributed by atoms with E-state index in [2.05, 4.69) is 21.8 Å². The standard InChI is InChI=1S/C25H29N5O2/c26-15-21(16-27)22-8-9-24-23(28-22)11-14-30(24)17-19-7-4-12-29(13-10-19)25(31)32-18-20-5-2-1-3-6-20/h1-3,5-6,8-9,11,14-16,19,26H,4,7,10,12-13,17-18,27H2/p+1/b21-16+,26-15?. The van der Waals surface area contributed by atoms with Gasteiger partial charge in [0.25, 0.3) is 0 Å². The van der Waals surface area contributed by atoms with Gasteiger partial charge in [0.05, 0.1) is 22.3 Å². The van der Waals surface area contributed by atoms with Gasteiger partial charge in [-0.3, -0.25) is 5.41 Å². The number of aromatic nitrogens is 2. The number of likely N-dealkylation sites (tertiary alicyclic amines) is 1. The molecule has 4 N–H and O–H groups in total. The molecule has 7 heteroatoms. The van der Waals surface area contributed by atoms with Crippen molar-refractivity contribution in [2.45, 2.75) is 32.4 Å². The Balaban J connectivity index is 1.35. The zero-order chi connectivity index (χ0) is 22.3. The van der Waals surface area contributed by atoms with E-state index in [1.54, 1.807) is 0 Å². The summed E-state index contributed by atoms with van der Waals surface area (Å²) in [5.74, 6) is 0.495. The molecule has 1 fully saturated rings. The van der Waals surface area contributed by atoms with E-state index in [0.29, 0.717) is 18.1 Å². The first-order valence-corrected chi connectivity index (χ1v) is 11.1. The molecule has 166 valence electrons. The van der Waals surface area contributed by atoms with Crippen molar-refractivity contribution in [3.63, 3.8) is 0 Å². The SMILES string of the molecule is N/C=C(\C=[NH2+])c1ccc2c(ccn2CC2CCCN(C(=O)OCc3ccccc3)CC2)n1. The number of rotatable bonds is 6.